The maximum atomic E-state index is 13.5. The quantitative estimate of drug-likeness (QED) is 0.798. The maximum absolute atomic E-state index is 13.5. The smallest absolute Gasteiger partial charge is 0.206 e. The molecule has 0 saturated heterocycles. The third-order valence-corrected chi connectivity index (χ3v) is 4.18. The van der Waals surface area contributed by atoms with Gasteiger partial charge in [0.05, 0.1) is 5.69 Å². The van der Waals surface area contributed by atoms with Crippen molar-refractivity contribution < 1.29 is 8.78 Å². The molecule has 2 aromatic rings. The number of halogens is 2. The zero-order valence-electron chi connectivity index (χ0n) is 12.9. The molecule has 3 rings (SSSR count). The summed E-state index contributed by atoms with van der Waals surface area (Å²) >= 11 is 0. The number of rotatable bonds is 5. The number of hydrogen-bond donors (Lipinski definition) is 0. The van der Waals surface area contributed by atoms with Gasteiger partial charge in [0.2, 0.25) is 0 Å². The van der Waals surface area contributed by atoms with E-state index in [2.05, 4.69) is 23.4 Å². The van der Waals surface area contributed by atoms with E-state index in [0.717, 1.165) is 33.5 Å². The number of allylic oxidation sites excluding steroid dienone is 2. The Balaban J connectivity index is 1.65. The van der Waals surface area contributed by atoms with E-state index in [4.69, 9.17) is 0 Å². The molecule has 4 heteroatoms. The van der Waals surface area contributed by atoms with Crippen LogP contribution in [0.4, 0.5) is 8.78 Å². The van der Waals surface area contributed by atoms with Gasteiger partial charge in [-0.25, -0.2) is 8.78 Å². The van der Waals surface area contributed by atoms with Gasteiger partial charge in [-0.05, 0) is 52.8 Å². The molecule has 118 valence electrons. The molecule has 1 aliphatic carbocycles. The summed E-state index contributed by atoms with van der Waals surface area (Å²) in [6, 6.07) is 9.23. The molecule has 1 aromatic heterocycles. The van der Waals surface area contributed by atoms with Crippen LogP contribution < -0.4 is 0 Å². The van der Waals surface area contributed by atoms with E-state index in [1.807, 2.05) is 24.3 Å². The third-order valence-electron chi connectivity index (χ3n) is 4.18. The fourth-order valence-electron chi connectivity index (χ4n) is 2.87. The molecule has 0 fully saturated rings. The first-order valence-corrected chi connectivity index (χ1v) is 7.58. The van der Waals surface area contributed by atoms with Crippen molar-refractivity contribution in [3.63, 3.8) is 0 Å². The number of aromatic nitrogens is 2. The summed E-state index contributed by atoms with van der Waals surface area (Å²) in [5.74, 6) is -2.61. The molecule has 1 heterocycles. The summed E-state index contributed by atoms with van der Waals surface area (Å²) in [5, 5.41) is 7.87. The molecule has 1 aliphatic rings. The highest BCUT2D eigenvalue weighted by Crippen LogP contribution is 2.36. The SMILES string of the molecule is C=C(CCC(=C)c1cccnn1)c1ccc2c(c1)CC(F)(F)C2. The Morgan fingerprint density at radius 3 is 2.52 bits per heavy atom. The van der Waals surface area contributed by atoms with Crippen molar-refractivity contribution in [2.24, 2.45) is 0 Å². The zero-order valence-corrected chi connectivity index (χ0v) is 12.9. The highest BCUT2D eigenvalue weighted by molar-refractivity contribution is 5.68. The normalized spacial score (nSPS) is 15.2. The van der Waals surface area contributed by atoms with E-state index >= 15 is 0 Å². The average molecular weight is 312 g/mol. The summed E-state index contributed by atoms with van der Waals surface area (Å²) in [6.07, 6.45) is 2.72. The molecular formula is C19H18F2N2. The predicted molar refractivity (Wildman–Crippen MR) is 88.1 cm³/mol. The van der Waals surface area contributed by atoms with Crippen molar-refractivity contribution in [3.8, 4) is 0 Å². The summed E-state index contributed by atoms with van der Waals surface area (Å²) < 4.78 is 26.9. The molecule has 0 radical (unpaired) electrons. The maximum Gasteiger partial charge on any atom is 0.256 e. The van der Waals surface area contributed by atoms with Gasteiger partial charge >= 0.3 is 0 Å². The third kappa shape index (κ3) is 3.52. The zero-order chi connectivity index (χ0) is 16.4. The lowest BCUT2D eigenvalue weighted by Crippen LogP contribution is -2.14. The second-order valence-electron chi connectivity index (χ2n) is 6.01. The Morgan fingerprint density at radius 1 is 1.04 bits per heavy atom. The van der Waals surface area contributed by atoms with Crippen molar-refractivity contribution >= 4 is 11.1 Å². The van der Waals surface area contributed by atoms with Gasteiger partial charge in [0, 0.05) is 19.0 Å². The first-order chi connectivity index (χ1) is 10.9. The Morgan fingerprint density at radius 2 is 1.78 bits per heavy atom. The summed E-state index contributed by atoms with van der Waals surface area (Å²) in [7, 11) is 0. The van der Waals surface area contributed by atoms with Crippen LogP contribution >= 0.6 is 0 Å². The molecule has 0 aliphatic heterocycles. The minimum atomic E-state index is -2.61. The van der Waals surface area contributed by atoms with Gasteiger partial charge in [-0.15, -0.1) is 0 Å². The van der Waals surface area contributed by atoms with Crippen LogP contribution in [-0.4, -0.2) is 16.1 Å². The monoisotopic (exact) mass is 312 g/mol. The van der Waals surface area contributed by atoms with Crippen molar-refractivity contribution in [2.45, 2.75) is 31.6 Å². The van der Waals surface area contributed by atoms with E-state index in [1.54, 1.807) is 12.3 Å². The van der Waals surface area contributed by atoms with Crippen LogP contribution in [0.5, 0.6) is 0 Å². The number of hydrogen-bond acceptors (Lipinski definition) is 2. The van der Waals surface area contributed by atoms with E-state index in [9.17, 15) is 8.78 Å². The first kappa shape index (κ1) is 15.5. The molecule has 2 nitrogen and oxygen atoms in total. The van der Waals surface area contributed by atoms with Crippen molar-refractivity contribution in [2.75, 3.05) is 0 Å². The van der Waals surface area contributed by atoms with Gasteiger partial charge in [-0.3, -0.25) is 0 Å². The molecule has 0 N–H and O–H groups in total. The van der Waals surface area contributed by atoms with Gasteiger partial charge in [-0.2, -0.15) is 10.2 Å². The second kappa shape index (κ2) is 6.03. The average Bonchev–Trinajstić information content (AvgIpc) is 2.85. The lowest BCUT2D eigenvalue weighted by molar-refractivity contribution is 0.0130. The summed E-state index contributed by atoms with van der Waals surface area (Å²) in [5.41, 5.74) is 5.00. The second-order valence-corrected chi connectivity index (χ2v) is 6.01. The van der Waals surface area contributed by atoms with E-state index in [0.29, 0.717) is 12.8 Å². The number of alkyl halides is 2. The Bertz CT molecular complexity index is 751. The van der Waals surface area contributed by atoms with Gasteiger partial charge in [-0.1, -0.05) is 31.4 Å². The number of benzene rings is 1. The molecule has 23 heavy (non-hydrogen) atoms. The topological polar surface area (TPSA) is 25.8 Å². The first-order valence-electron chi connectivity index (χ1n) is 7.58. The lowest BCUT2D eigenvalue weighted by Gasteiger charge is -2.09. The molecule has 0 bridgehead atoms. The minimum absolute atomic E-state index is 0.154. The van der Waals surface area contributed by atoms with Gasteiger partial charge < -0.3 is 0 Å². The summed E-state index contributed by atoms with van der Waals surface area (Å²) in [4.78, 5) is 0. The fourth-order valence-corrected chi connectivity index (χ4v) is 2.87. The van der Waals surface area contributed by atoms with Crippen LogP contribution in [0.25, 0.3) is 11.1 Å². The highest BCUT2D eigenvalue weighted by Gasteiger charge is 2.37. The molecule has 1 aromatic carbocycles. The van der Waals surface area contributed by atoms with Crippen molar-refractivity contribution in [3.05, 3.63) is 72.1 Å². The molecule has 0 atom stereocenters. The van der Waals surface area contributed by atoms with Crippen molar-refractivity contribution in [1.82, 2.24) is 10.2 Å². The molecule has 0 unspecified atom stereocenters. The minimum Gasteiger partial charge on any atom is -0.206 e. The van der Waals surface area contributed by atoms with Crippen LogP contribution in [0.15, 0.2) is 49.7 Å². The standard InChI is InChI=1S/C19H18F2N2/c1-13(5-6-14(2)18-4-3-9-22-23-18)15-7-8-16-11-19(20,21)12-17(16)10-15/h3-4,7-10H,1-2,5-6,11-12H2. The van der Waals surface area contributed by atoms with Crippen LogP contribution in [0.1, 0.15) is 35.2 Å². The van der Waals surface area contributed by atoms with E-state index in [-0.39, 0.29) is 12.8 Å². The highest BCUT2D eigenvalue weighted by atomic mass is 19.3. The molecular weight excluding hydrogens is 294 g/mol. The largest absolute Gasteiger partial charge is 0.256 e. The van der Waals surface area contributed by atoms with Crippen LogP contribution in [-0.2, 0) is 12.8 Å². The Hall–Kier alpha value is -2.36. The fraction of sp³-hybridized carbons (Fsp3) is 0.263. The van der Waals surface area contributed by atoms with Gasteiger partial charge in [0.15, 0.2) is 0 Å². The van der Waals surface area contributed by atoms with E-state index < -0.39 is 5.92 Å². The molecule has 0 saturated carbocycles. The van der Waals surface area contributed by atoms with E-state index in [1.165, 1.54) is 0 Å². The van der Waals surface area contributed by atoms with Crippen molar-refractivity contribution in [1.29, 1.82) is 0 Å². The molecule has 0 spiro atoms. The van der Waals surface area contributed by atoms with Crippen LogP contribution in [0.2, 0.25) is 0 Å². The number of nitrogens with zero attached hydrogens (tertiary/aromatic N) is 2. The summed E-state index contributed by atoms with van der Waals surface area (Å²) in [6.45, 7) is 8.11. The Labute approximate surface area is 134 Å². The molecule has 0 amide bonds. The number of fused-ring (bicyclic) bond motifs is 1. The van der Waals surface area contributed by atoms with Gasteiger partial charge in [0.1, 0.15) is 0 Å². The Kier molecular flexibility index (Phi) is 4.07. The lowest BCUT2D eigenvalue weighted by atomic mass is 9.96. The van der Waals surface area contributed by atoms with Crippen LogP contribution in [0, 0.1) is 0 Å². The predicted octanol–water partition coefficient (Wildman–Crippen LogP) is 4.72. The van der Waals surface area contributed by atoms with Gasteiger partial charge in [0.25, 0.3) is 5.92 Å². The van der Waals surface area contributed by atoms with Crippen LogP contribution in [0.3, 0.4) is 0 Å².